The Morgan fingerprint density at radius 3 is 2.48 bits per heavy atom. The summed E-state index contributed by atoms with van der Waals surface area (Å²) in [5.74, 6) is 1.79. The quantitative estimate of drug-likeness (QED) is 0.449. The molecule has 2 N–H and O–H groups in total. The van der Waals surface area contributed by atoms with E-state index >= 15 is 0 Å². The van der Waals surface area contributed by atoms with E-state index in [1.807, 2.05) is 25.1 Å². The van der Waals surface area contributed by atoms with Crippen LogP contribution in [0.4, 0.5) is 0 Å². The number of ether oxygens (including phenoxy) is 1. The third kappa shape index (κ3) is 8.14. The van der Waals surface area contributed by atoms with E-state index in [0.717, 1.165) is 24.7 Å². The minimum atomic E-state index is 0. The average molecular weight is 405 g/mol. The zero-order chi connectivity index (χ0) is 15.0. The van der Waals surface area contributed by atoms with Crippen molar-refractivity contribution >= 4 is 29.9 Å². The van der Waals surface area contributed by atoms with Crippen LogP contribution in [0.2, 0.25) is 0 Å². The number of benzene rings is 1. The number of nitrogens with one attached hydrogen (secondary N) is 2. The fraction of sp³-hybridized carbons (Fsp3) is 0.562. The van der Waals surface area contributed by atoms with Crippen molar-refractivity contribution in [1.82, 2.24) is 10.6 Å². The Balaban J connectivity index is 0.00000400. The number of hydrogen-bond acceptors (Lipinski definition) is 2. The number of nitrogens with zero attached hydrogens (tertiary/aromatic N) is 1. The van der Waals surface area contributed by atoms with E-state index in [2.05, 4.69) is 42.5 Å². The topological polar surface area (TPSA) is 45.6 Å². The lowest BCUT2D eigenvalue weighted by Gasteiger charge is -2.23. The van der Waals surface area contributed by atoms with Gasteiger partial charge in [-0.25, -0.2) is 0 Å². The van der Waals surface area contributed by atoms with Gasteiger partial charge in [0.05, 0.1) is 6.61 Å². The molecule has 0 amide bonds. The molecule has 0 aliphatic rings. The molecular weight excluding hydrogens is 377 g/mol. The van der Waals surface area contributed by atoms with Crippen molar-refractivity contribution in [2.24, 2.45) is 4.99 Å². The fourth-order valence-corrected chi connectivity index (χ4v) is 1.86. The van der Waals surface area contributed by atoms with Gasteiger partial charge in [0.25, 0.3) is 0 Å². The lowest BCUT2D eigenvalue weighted by atomic mass is 10.1. The first-order valence-corrected chi connectivity index (χ1v) is 7.16. The molecule has 0 saturated heterocycles. The second-order valence-electron chi connectivity index (χ2n) is 5.66. The second kappa shape index (κ2) is 9.87. The maximum absolute atomic E-state index is 5.63. The van der Waals surface area contributed by atoms with Crippen molar-refractivity contribution in [3.63, 3.8) is 0 Å². The zero-order valence-electron chi connectivity index (χ0n) is 13.7. The van der Waals surface area contributed by atoms with Crippen molar-refractivity contribution in [2.45, 2.75) is 39.7 Å². The summed E-state index contributed by atoms with van der Waals surface area (Å²) in [6.07, 6.45) is 0.904. The maximum atomic E-state index is 5.63. The van der Waals surface area contributed by atoms with Crippen molar-refractivity contribution in [3.05, 3.63) is 29.8 Å². The summed E-state index contributed by atoms with van der Waals surface area (Å²) in [6.45, 7) is 9.86. The molecule has 0 bridgehead atoms. The molecule has 120 valence electrons. The van der Waals surface area contributed by atoms with Crippen LogP contribution >= 0.6 is 24.0 Å². The largest absolute Gasteiger partial charge is 0.494 e. The number of rotatable bonds is 5. The molecule has 0 heterocycles. The van der Waals surface area contributed by atoms with Crippen molar-refractivity contribution in [3.8, 4) is 5.75 Å². The molecule has 0 saturated carbocycles. The van der Waals surface area contributed by atoms with Crippen LogP contribution in [-0.2, 0) is 6.42 Å². The van der Waals surface area contributed by atoms with Crippen LogP contribution in [0, 0.1) is 0 Å². The van der Waals surface area contributed by atoms with Crippen molar-refractivity contribution in [2.75, 3.05) is 20.2 Å². The van der Waals surface area contributed by atoms with Gasteiger partial charge in [-0.1, -0.05) is 18.2 Å². The van der Waals surface area contributed by atoms with E-state index < -0.39 is 0 Å². The van der Waals surface area contributed by atoms with E-state index in [9.17, 15) is 0 Å². The molecule has 4 nitrogen and oxygen atoms in total. The van der Waals surface area contributed by atoms with E-state index in [1.54, 1.807) is 7.05 Å². The van der Waals surface area contributed by atoms with Crippen LogP contribution in [0.15, 0.2) is 29.3 Å². The summed E-state index contributed by atoms with van der Waals surface area (Å²) in [5.41, 5.74) is 1.22. The molecule has 0 atom stereocenters. The number of hydrogen-bond donors (Lipinski definition) is 2. The SMILES string of the molecule is CCOc1ccccc1CCNC(=NC)NC(C)(C)C.I. The number of guanidine groups is 1. The first-order chi connectivity index (χ1) is 9.46. The Morgan fingerprint density at radius 1 is 1.24 bits per heavy atom. The van der Waals surface area contributed by atoms with Gasteiger partial charge in [0, 0.05) is 19.1 Å². The van der Waals surface area contributed by atoms with Gasteiger partial charge in [0.15, 0.2) is 5.96 Å². The van der Waals surface area contributed by atoms with Gasteiger partial charge >= 0.3 is 0 Å². The Bertz CT molecular complexity index is 441. The lowest BCUT2D eigenvalue weighted by molar-refractivity contribution is 0.336. The van der Waals surface area contributed by atoms with E-state index in [-0.39, 0.29) is 29.5 Å². The first-order valence-electron chi connectivity index (χ1n) is 7.16. The molecular formula is C16H28IN3O. The molecule has 0 unspecified atom stereocenters. The molecule has 5 heteroatoms. The molecule has 0 fully saturated rings. The van der Waals surface area contributed by atoms with Crippen LogP contribution in [0.25, 0.3) is 0 Å². The van der Waals surface area contributed by atoms with E-state index in [4.69, 9.17) is 4.74 Å². The smallest absolute Gasteiger partial charge is 0.191 e. The summed E-state index contributed by atoms with van der Waals surface area (Å²) in [7, 11) is 1.79. The molecule has 1 aromatic rings. The predicted octanol–water partition coefficient (Wildman–Crippen LogP) is 3.21. The molecule has 1 aromatic carbocycles. The predicted molar refractivity (Wildman–Crippen MR) is 101 cm³/mol. The summed E-state index contributed by atoms with van der Waals surface area (Å²) in [4.78, 5) is 4.23. The molecule has 0 aliphatic heterocycles. The highest BCUT2D eigenvalue weighted by Crippen LogP contribution is 2.17. The molecule has 0 spiro atoms. The zero-order valence-corrected chi connectivity index (χ0v) is 16.0. The Labute approximate surface area is 145 Å². The highest BCUT2D eigenvalue weighted by Gasteiger charge is 2.11. The molecule has 0 radical (unpaired) electrons. The van der Waals surface area contributed by atoms with Gasteiger partial charge in [-0.2, -0.15) is 0 Å². The van der Waals surface area contributed by atoms with Crippen LogP contribution in [0.3, 0.4) is 0 Å². The van der Waals surface area contributed by atoms with Gasteiger partial charge in [-0.15, -0.1) is 24.0 Å². The molecule has 1 rings (SSSR count). The second-order valence-corrected chi connectivity index (χ2v) is 5.66. The summed E-state index contributed by atoms with van der Waals surface area (Å²) in [5, 5.41) is 6.67. The molecule has 21 heavy (non-hydrogen) atoms. The van der Waals surface area contributed by atoms with Crippen LogP contribution < -0.4 is 15.4 Å². The number of aliphatic imine (C=N–C) groups is 1. The number of halogens is 1. The Kier molecular flexibility index (Phi) is 9.41. The van der Waals surface area contributed by atoms with E-state index in [0.29, 0.717) is 6.61 Å². The van der Waals surface area contributed by atoms with Crippen LogP contribution in [0.1, 0.15) is 33.3 Å². The summed E-state index contributed by atoms with van der Waals surface area (Å²) in [6, 6.07) is 8.16. The summed E-state index contributed by atoms with van der Waals surface area (Å²) >= 11 is 0. The third-order valence-electron chi connectivity index (χ3n) is 2.68. The average Bonchev–Trinajstić information content (AvgIpc) is 2.38. The highest BCUT2D eigenvalue weighted by molar-refractivity contribution is 14.0. The molecule has 0 aliphatic carbocycles. The van der Waals surface area contributed by atoms with Crippen molar-refractivity contribution < 1.29 is 4.74 Å². The minimum Gasteiger partial charge on any atom is -0.494 e. The lowest BCUT2D eigenvalue weighted by Crippen LogP contribution is -2.48. The van der Waals surface area contributed by atoms with Gasteiger partial charge < -0.3 is 15.4 Å². The standard InChI is InChI=1S/C16H27N3O.HI/c1-6-20-14-10-8-7-9-13(14)11-12-18-15(17-5)19-16(2,3)4;/h7-10H,6,11-12H2,1-5H3,(H2,17,18,19);1H. The Morgan fingerprint density at radius 2 is 1.90 bits per heavy atom. The van der Waals surface area contributed by atoms with Gasteiger partial charge in [0.2, 0.25) is 0 Å². The van der Waals surface area contributed by atoms with Gasteiger partial charge in [-0.3, -0.25) is 4.99 Å². The van der Waals surface area contributed by atoms with Crippen LogP contribution in [-0.4, -0.2) is 31.7 Å². The highest BCUT2D eigenvalue weighted by atomic mass is 127. The maximum Gasteiger partial charge on any atom is 0.191 e. The first kappa shape index (κ1) is 20.0. The van der Waals surface area contributed by atoms with Crippen LogP contribution in [0.5, 0.6) is 5.75 Å². The fourth-order valence-electron chi connectivity index (χ4n) is 1.86. The number of para-hydroxylation sites is 1. The summed E-state index contributed by atoms with van der Waals surface area (Å²) < 4.78 is 5.63. The van der Waals surface area contributed by atoms with E-state index in [1.165, 1.54) is 5.56 Å². The normalized spacial score (nSPS) is 11.6. The Hall–Kier alpha value is -0.980. The monoisotopic (exact) mass is 405 g/mol. The van der Waals surface area contributed by atoms with Gasteiger partial charge in [-0.05, 0) is 45.7 Å². The third-order valence-corrected chi connectivity index (χ3v) is 2.68. The minimum absolute atomic E-state index is 0. The van der Waals surface area contributed by atoms with Gasteiger partial charge in [0.1, 0.15) is 5.75 Å². The molecule has 0 aromatic heterocycles. The van der Waals surface area contributed by atoms with Crippen molar-refractivity contribution in [1.29, 1.82) is 0 Å².